The molecule has 21 heavy (non-hydrogen) atoms. The monoisotopic (exact) mass is 344 g/mol. The molecule has 0 saturated heterocycles. The molecule has 4 heteroatoms. The van der Waals surface area contributed by atoms with Gasteiger partial charge in [0, 0.05) is 17.3 Å². The molecule has 0 fully saturated rings. The van der Waals surface area contributed by atoms with E-state index in [0.29, 0.717) is 6.61 Å². The maximum Gasteiger partial charge on any atom is 0.133 e. The zero-order valence-corrected chi connectivity index (χ0v) is 13.5. The number of para-hydroxylation sites is 1. The third-order valence-corrected chi connectivity index (χ3v) is 4.13. The Morgan fingerprint density at radius 2 is 1.86 bits per heavy atom. The van der Waals surface area contributed by atoms with Gasteiger partial charge in [-0.25, -0.2) is 0 Å². The van der Waals surface area contributed by atoms with Gasteiger partial charge in [-0.3, -0.25) is 4.68 Å². The van der Waals surface area contributed by atoms with E-state index in [2.05, 4.69) is 52.2 Å². The normalized spacial score (nSPS) is 11.0. The molecule has 0 atom stereocenters. The summed E-state index contributed by atoms with van der Waals surface area (Å²) >= 11 is 3.44. The van der Waals surface area contributed by atoms with Crippen LogP contribution in [0.4, 0.5) is 0 Å². The smallest absolute Gasteiger partial charge is 0.133 e. The Kier molecular flexibility index (Phi) is 4.25. The molecule has 0 N–H and O–H groups in total. The highest BCUT2D eigenvalue weighted by Crippen LogP contribution is 2.21. The van der Waals surface area contributed by atoms with Crippen molar-refractivity contribution in [2.75, 3.05) is 0 Å². The van der Waals surface area contributed by atoms with E-state index >= 15 is 0 Å². The molecule has 3 aromatic rings. The summed E-state index contributed by atoms with van der Waals surface area (Å²) < 4.78 is 7.88. The van der Waals surface area contributed by atoms with Gasteiger partial charge in [0.15, 0.2) is 0 Å². The zero-order chi connectivity index (χ0) is 14.7. The fourth-order valence-electron chi connectivity index (χ4n) is 2.37. The van der Waals surface area contributed by atoms with Gasteiger partial charge in [-0.15, -0.1) is 0 Å². The van der Waals surface area contributed by atoms with Crippen molar-refractivity contribution in [3.8, 4) is 5.75 Å². The molecule has 1 heterocycles. The number of fused-ring (bicyclic) bond motifs is 1. The summed E-state index contributed by atoms with van der Waals surface area (Å²) in [5, 5.41) is 6.66. The van der Waals surface area contributed by atoms with Gasteiger partial charge in [0.05, 0.1) is 5.52 Å². The van der Waals surface area contributed by atoms with E-state index in [0.717, 1.165) is 34.2 Å². The minimum absolute atomic E-state index is 0.487. The molecule has 0 unspecified atom stereocenters. The summed E-state index contributed by atoms with van der Waals surface area (Å²) in [6.07, 6.45) is 0. The third-order valence-electron chi connectivity index (χ3n) is 3.49. The predicted molar refractivity (Wildman–Crippen MR) is 88.8 cm³/mol. The molecule has 1 aromatic heterocycles. The average Bonchev–Trinajstić information content (AvgIpc) is 2.91. The lowest BCUT2D eigenvalue weighted by Crippen LogP contribution is -2.00. The second-order valence-electron chi connectivity index (χ2n) is 4.85. The second-order valence-corrected chi connectivity index (χ2v) is 5.41. The van der Waals surface area contributed by atoms with Gasteiger partial charge in [-0.2, -0.15) is 5.10 Å². The Morgan fingerprint density at radius 1 is 1.10 bits per heavy atom. The Morgan fingerprint density at radius 3 is 2.57 bits per heavy atom. The number of halogens is 1. The molecular formula is C17H17BrN2O. The standard InChI is InChI=1S/C17H17BrN2O/c1-2-20-17-6-4-3-5-15(17)16(19-20)12-21-14-9-7-13(11-18)8-10-14/h3-10H,2,11-12H2,1H3. The van der Waals surface area contributed by atoms with Crippen molar-refractivity contribution in [1.29, 1.82) is 0 Å². The minimum atomic E-state index is 0.487. The van der Waals surface area contributed by atoms with E-state index in [4.69, 9.17) is 4.74 Å². The molecule has 0 bridgehead atoms. The van der Waals surface area contributed by atoms with Crippen LogP contribution in [0.2, 0.25) is 0 Å². The fraction of sp³-hybridized carbons (Fsp3) is 0.235. The van der Waals surface area contributed by atoms with Crippen LogP contribution in [-0.2, 0) is 18.5 Å². The van der Waals surface area contributed by atoms with E-state index in [1.165, 1.54) is 5.56 Å². The van der Waals surface area contributed by atoms with Crippen LogP contribution in [0.15, 0.2) is 48.5 Å². The van der Waals surface area contributed by atoms with Crippen LogP contribution in [0.1, 0.15) is 18.2 Å². The molecule has 0 radical (unpaired) electrons. The van der Waals surface area contributed by atoms with Gasteiger partial charge >= 0.3 is 0 Å². The first-order valence-corrected chi connectivity index (χ1v) is 8.16. The van der Waals surface area contributed by atoms with Crippen LogP contribution in [0.5, 0.6) is 5.75 Å². The topological polar surface area (TPSA) is 27.1 Å². The van der Waals surface area contributed by atoms with Gasteiger partial charge in [0.25, 0.3) is 0 Å². The van der Waals surface area contributed by atoms with Crippen molar-refractivity contribution in [2.45, 2.75) is 25.4 Å². The molecule has 2 aromatic carbocycles. The first kappa shape index (κ1) is 14.1. The second kappa shape index (κ2) is 6.31. The Labute approximate surface area is 132 Å². The zero-order valence-electron chi connectivity index (χ0n) is 11.9. The summed E-state index contributed by atoms with van der Waals surface area (Å²) in [5.74, 6) is 0.870. The van der Waals surface area contributed by atoms with Crippen LogP contribution in [0, 0.1) is 0 Å². The highest BCUT2D eigenvalue weighted by Gasteiger charge is 2.09. The van der Waals surface area contributed by atoms with Crippen LogP contribution < -0.4 is 4.74 Å². The molecule has 0 aliphatic carbocycles. The molecule has 0 aliphatic rings. The van der Waals surface area contributed by atoms with Gasteiger partial charge in [-0.05, 0) is 30.7 Å². The Bertz CT molecular complexity index is 734. The maximum atomic E-state index is 5.87. The number of hydrogen-bond donors (Lipinski definition) is 0. The van der Waals surface area contributed by atoms with Crippen LogP contribution in [0.25, 0.3) is 10.9 Å². The van der Waals surface area contributed by atoms with E-state index < -0.39 is 0 Å². The van der Waals surface area contributed by atoms with Gasteiger partial charge in [-0.1, -0.05) is 46.3 Å². The Balaban J connectivity index is 1.81. The lowest BCUT2D eigenvalue weighted by atomic mass is 10.2. The number of aryl methyl sites for hydroxylation is 1. The highest BCUT2D eigenvalue weighted by atomic mass is 79.9. The van der Waals surface area contributed by atoms with Gasteiger partial charge < -0.3 is 4.74 Å². The summed E-state index contributed by atoms with van der Waals surface area (Å²) in [7, 11) is 0. The number of ether oxygens (including phenoxy) is 1. The molecule has 0 amide bonds. The first-order valence-electron chi connectivity index (χ1n) is 7.04. The first-order chi connectivity index (χ1) is 10.3. The van der Waals surface area contributed by atoms with E-state index in [9.17, 15) is 0 Å². The molecule has 0 saturated carbocycles. The van der Waals surface area contributed by atoms with Crippen LogP contribution in [0.3, 0.4) is 0 Å². The maximum absolute atomic E-state index is 5.87. The lowest BCUT2D eigenvalue weighted by molar-refractivity contribution is 0.301. The third kappa shape index (κ3) is 2.95. The quantitative estimate of drug-likeness (QED) is 0.635. The largest absolute Gasteiger partial charge is 0.487 e. The molecule has 0 aliphatic heterocycles. The molecule has 108 valence electrons. The molecule has 3 nitrogen and oxygen atoms in total. The summed E-state index contributed by atoms with van der Waals surface area (Å²) in [6, 6.07) is 16.4. The summed E-state index contributed by atoms with van der Waals surface area (Å²) in [5.41, 5.74) is 3.38. The summed E-state index contributed by atoms with van der Waals surface area (Å²) in [4.78, 5) is 0. The number of nitrogens with zero attached hydrogens (tertiary/aromatic N) is 2. The van der Waals surface area contributed by atoms with Crippen molar-refractivity contribution in [2.24, 2.45) is 0 Å². The van der Waals surface area contributed by atoms with Gasteiger partial charge in [0.1, 0.15) is 18.1 Å². The van der Waals surface area contributed by atoms with Crippen molar-refractivity contribution in [3.05, 3.63) is 59.8 Å². The molecule has 3 rings (SSSR count). The van der Waals surface area contributed by atoms with Crippen LogP contribution >= 0.6 is 15.9 Å². The SMILES string of the molecule is CCn1nc(COc2ccc(CBr)cc2)c2ccccc21. The minimum Gasteiger partial charge on any atom is -0.487 e. The van der Waals surface area contributed by atoms with Crippen molar-refractivity contribution >= 4 is 26.8 Å². The number of aromatic nitrogens is 2. The Hall–Kier alpha value is -1.81. The molecular weight excluding hydrogens is 328 g/mol. The fourth-order valence-corrected chi connectivity index (χ4v) is 2.74. The van der Waals surface area contributed by atoms with E-state index in [1.807, 2.05) is 28.9 Å². The number of rotatable bonds is 5. The van der Waals surface area contributed by atoms with Crippen molar-refractivity contribution in [3.63, 3.8) is 0 Å². The van der Waals surface area contributed by atoms with E-state index in [1.54, 1.807) is 0 Å². The van der Waals surface area contributed by atoms with Crippen molar-refractivity contribution < 1.29 is 4.74 Å². The average molecular weight is 345 g/mol. The van der Waals surface area contributed by atoms with E-state index in [-0.39, 0.29) is 0 Å². The summed E-state index contributed by atoms with van der Waals surface area (Å²) in [6.45, 7) is 3.45. The van der Waals surface area contributed by atoms with Gasteiger partial charge in [0.2, 0.25) is 0 Å². The molecule has 0 spiro atoms. The van der Waals surface area contributed by atoms with Crippen molar-refractivity contribution in [1.82, 2.24) is 9.78 Å². The number of hydrogen-bond acceptors (Lipinski definition) is 2. The number of benzene rings is 2. The van der Waals surface area contributed by atoms with Crippen LogP contribution in [-0.4, -0.2) is 9.78 Å². The highest BCUT2D eigenvalue weighted by molar-refractivity contribution is 9.08. The number of alkyl halides is 1. The predicted octanol–water partition coefficient (Wildman–Crippen LogP) is 4.53. The lowest BCUT2D eigenvalue weighted by Gasteiger charge is -2.05.